The average Bonchev–Trinajstić information content (AvgIpc) is 2.17. The third-order valence-corrected chi connectivity index (χ3v) is 1.55. The molecule has 0 bridgehead atoms. The number of nitrogens with zero attached hydrogens (tertiary/aromatic N) is 1. The molecule has 0 aliphatic heterocycles. The summed E-state index contributed by atoms with van der Waals surface area (Å²) in [6.07, 6.45) is -2.87. The second-order valence-electron chi connectivity index (χ2n) is 2.77. The molecule has 1 aromatic rings. The Morgan fingerprint density at radius 1 is 1.40 bits per heavy atom. The van der Waals surface area contributed by atoms with Crippen LogP contribution in [0.3, 0.4) is 0 Å². The lowest BCUT2D eigenvalue weighted by molar-refractivity contribution is -0.141. The Bertz CT molecular complexity index is 388. The summed E-state index contributed by atoms with van der Waals surface area (Å²) in [5.41, 5.74) is 4.57. The van der Waals surface area contributed by atoms with Crippen LogP contribution in [0.2, 0.25) is 0 Å². The minimum Gasteiger partial charge on any atom is -0.330 e. The highest BCUT2D eigenvalue weighted by Gasteiger charge is 2.32. The molecule has 0 fully saturated rings. The SMILES string of the molecule is NCCC#Cc1ccnc(C(F)(F)F)c1. The van der Waals surface area contributed by atoms with Gasteiger partial charge in [0.1, 0.15) is 5.69 Å². The number of nitrogens with two attached hydrogens (primary N) is 1. The molecule has 5 heteroatoms. The van der Waals surface area contributed by atoms with Gasteiger partial charge < -0.3 is 5.73 Å². The highest BCUT2D eigenvalue weighted by Crippen LogP contribution is 2.27. The fraction of sp³-hybridized carbons (Fsp3) is 0.300. The first kappa shape index (κ1) is 11.5. The molecule has 0 amide bonds. The monoisotopic (exact) mass is 214 g/mol. The first-order valence-electron chi connectivity index (χ1n) is 4.26. The van der Waals surface area contributed by atoms with Gasteiger partial charge in [0.2, 0.25) is 0 Å². The molecule has 1 heterocycles. The summed E-state index contributed by atoms with van der Waals surface area (Å²) in [7, 11) is 0. The van der Waals surface area contributed by atoms with Crippen LogP contribution in [0.1, 0.15) is 17.7 Å². The summed E-state index contributed by atoms with van der Waals surface area (Å²) < 4.78 is 36.7. The summed E-state index contributed by atoms with van der Waals surface area (Å²) in [5.74, 6) is 5.25. The van der Waals surface area contributed by atoms with E-state index < -0.39 is 11.9 Å². The number of aromatic nitrogens is 1. The van der Waals surface area contributed by atoms with Crippen LogP contribution in [-0.2, 0) is 6.18 Å². The summed E-state index contributed by atoms with van der Waals surface area (Å²) in [4.78, 5) is 3.22. The van der Waals surface area contributed by atoms with Crippen LogP contribution >= 0.6 is 0 Å². The maximum Gasteiger partial charge on any atom is 0.433 e. The summed E-state index contributed by atoms with van der Waals surface area (Å²) in [6.45, 7) is 0.393. The van der Waals surface area contributed by atoms with E-state index in [1.165, 1.54) is 6.07 Å². The van der Waals surface area contributed by atoms with E-state index in [1.807, 2.05) is 0 Å². The minimum atomic E-state index is -4.43. The van der Waals surface area contributed by atoms with Crippen LogP contribution in [0.4, 0.5) is 13.2 Å². The van der Waals surface area contributed by atoms with Crippen LogP contribution in [0.5, 0.6) is 0 Å². The third kappa shape index (κ3) is 3.60. The summed E-state index contributed by atoms with van der Waals surface area (Å²) >= 11 is 0. The first-order valence-corrected chi connectivity index (χ1v) is 4.26. The zero-order chi connectivity index (χ0) is 11.3. The molecule has 0 unspecified atom stereocenters. The molecule has 1 aromatic heterocycles. The van der Waals surface area contributed by atoms with Gasteiger partial charge in [0, 0.05) is 24.7 Å². The first-order chi connectivity index (χ1) is 7.04. The molecule has 15 heavy (non-hydrogen) atoms. The Hall–Kier alpha value is -1.54. The molecule has 0 aromatic carbocycles. The fourth-order valence-electron chi connectivity index (χ4n) is 0.900. The molecular weight excluding hydrogens is 205 g/mol. The van der Waals surface area contributed by atoms with E-state index in [0.717, 1.165) is 12.3 Å². The lowest BCUT2D eigenvalue weighted by Gasteiger charge is -2.04. The van der Waals surface area contributed by atoms with Crippen LogP contribution in [-0.4, -0.2) is 11.5 Å². The highest BCUT2D eigenvalue weighted by molar-refractivity contribution is 5.34. The summed E-state index contributed by atoms with van der Waals surface area (Å²) in [5, 5.41) is 0. The van der Waals surface area contributed by atoms with Gasteiger partial charge in [-0.1, -0.05) is 11.8 Å². The van der Waals surface area contributed by atoms with Gasteiger partial charge in [-0.3, -0.25) is 4.98 Å². The van der Waals surface area contributed by atoms with Crippen molar-refractivity contribution in [3.05, 3.63) is 29.6 Å². The van der Waals surface area contributed by atoms with Crippen molar-refractivity contribution >= 4 is 0 Å². The second-order valence-corrected chi connectivity index (χ2v) is 2.77. The smallest absolute Gasteiger partial charge is 0.330 e. The summed E-state index contributed by atoms with van der Waals surface area (Å²) in [6, 6.07) is 2.35. The van der Waals surface area contributed by atoms with E-state index in [0.29, 0.717) is 18.5 Å². The van der Waals surface area contributed by atoms with Crippen LogP contribution < -0.4 is 5.73 Å². The quantitative estimate of drug-likeness (QED) is 0.724. The Morgan fingerprint density at radius 2 is 2.13 bits per heavy atom. The molecule has 0 atom stereocenters. The molecule has 1 rings (SSSR count). The Labute approximate surface area is 85.3 Å². The van der Waals surface area contributed by atoms with E-state index >= 15 is 0 Å². The van der Waals surface area contributed by atoms with Gasteiger partial charge in [0.25, 0.3) is 0 Å². The lowest BCUT2D eigenvalue weighted by Crippen LogP contribution is -2.07. The number of pyridine rings is 1. The Balaban J connectivity index is 2.90. The van der Waals surface area contributed by atoms with Gasteiger partial charge >= 0.3 is 6.18 Å². The predicted molar refractivity (Wildman–Crippen MR) is 49.8 cm³/mol. The molecule has 2 N–H and O–H groups in total. The van der Waals surface area contributed by atoms with Gasteiger partial charge in [0.05, 0.1) is 0 Å². The second kappa shape index (κ2) is 4.80. The van der Waals surface area contributed by atoms with E-state index in [9.17, 15) is 13.2 Å². The van der Waals surface area contributed by atoms with Crippen molar-refractivity contribution in [3.63, 3.8) is 0 Å². The van der Waals surface area contributed by atoms with Crippen molar-refractivity contribution in [2.24, 2.45) is 5.73 Å². The standard InChI is InChI=1S/C10H9F3N2/c11-10(12,13)9-7-8(4-6-15-9)3-1-2-5-14/h4,6-7H,2,5,14H2. The maximum atomic E-state index is 12.2. The van der Waals surface area contributed by atoms with E-state index in [1.54, 1.807) is 0 Å². The zero-order valence-electron chi connectivity index (χ0n) is 7.80. The average molecular weight is 214 g/mol. The van der Waals surface area contributed by atoms with Gasteiger partial charge in [-0.05, 0) is 12.1 Å². The van der Waals surface area contributed by atoms with Crippen LogP contribution in [0.25, 0.3) is 0 Å². The number of hydrogen-bond acceptors (Lipinski definition) is 2. The van der Waals surface area contributed by atoms with Crippen molar-refractivity contribution in [1.29, 1.82) is 0 Å². The Kier molecular flexibility index (Phi) is 3.69. The van der Waals surface area contributed by atoms with Crippen molar-refractivity contribution in [1.82, 2.24) is 4.98 Å². The molecule has 0 spiro atoms. The molecule has 0 aliphatic rings. The molecule has 0 aliphatic carbocycles. The highest BCUT2D eigenvalue weighted by atomic mass is 19.4. The topological polar surface area (TPSA) is 38.9 Å². The Morgan fingerprint density at radius 3 is 2.73 bits per heavy atom. The number of halogens is 3. The van der Waals surface area contributed by atoms with Gasteiger partial charge in [-0.2, -0.15) is 13.2 Å². The number of hydrogen-bond donors (Lipinski definition) is 1. The third-order valence-electron chi connectivity index (χ3n) is 1.55. The van der Waals surface area contributed by atoms with Crippen molar-refractivity contribution in [3.8, 4) is 11.8 Å². The van der Waals surface area contributed by atoms with Crippen LogP contribution in [0, 0.1) is 11.8 Å². The van der Waals surface area contributed by atoms with Gasteiger partial charge in [-0.25, -0.2) is 0 Å². The van der Waals surface area contributed by atoms with Crippen molar-refractivity contribution in [2.75, 3.05) is 6.54 Å². The van der Waals surface area contributed by atoms with Crippen LogP contribution in [0.15, 0.2) is 18.3 Å². The van der Waals surface area contributed by atoms with E-state index in [2.05, 4.69) is 16.8 Å². The molecule has 0 saturated carbocycles. The predicted octanol–water partition coefficient (Wildman–Crippen LogP) is 1.80. The van der Waals surface area contributed by atoms with Gasteiger partial charge in [-0.15, -0.1) is 0 Å². The molecular formula is C10H9F3N2. The maximum absolute atomic E-state index is 12.2. The molecule has 0 saturated heterocycles. The fourth-order valence-corrected chi connectivity index (χ4v) is 0.900. The molecule has 80 valence electrons. The number of rotatable bonds is 1. The zero-order valence-corrected chi connectivity index (χ0v) is 7.80. The molecule has 0 radical (unpaired) electrons. The van der Waals surface area contributed by atoms with E-state index in [4.69, 9.17) is 5.73 Å². The minimum absolute atomic E-state index is 0.297. The largest absolute Gasteiger partial charge is 0.433 e. The lowest BCUT2D eigenvalue weighted by atomic mass is 10.2. The van der Waals surface area contributed by atoms with Gasteiger partial charge in [0.15, 0.2) is 0 Å². The normalized spacial score (nSPS) is 10.7. The van der Waals surface area contributed by atoms with Crippen molar-refractivity contribution in [2.45, 2.75) is 12.6 Å². The number of alkyl halides is 3. The van der Waals surface area contributed by atoms with E-state index in [-0.39, 0.29) is 0 Å². The van der Waals surface area contributed by atoms with Crippen molar-refractivity contribution < 1.29 is 13.2 Å². The molecule has 2 nitrogen and oxygen atoms in total.